The number of ketones is 1. The Kier molecular flexibility index (Phi) is 5.96. The smallest absolute Gasteiger partial charge is 0.294 e. The predicted molar refractivity (Wildman–Crippen MR) is 98.2 cm³/mol. The van der Waals surface area contributed by atoms with Gasteiger partial charge in [0, 0.05) is 32.8 Å². The summed E-state index contributed by atoms with van der Waals surface area (Å²) in [7, 11) is 0. The van der Waals surface area contributed by atoms with Crippen LogP contribution in [0.1, 0.15) is 33.5 Å². The Hall–Kier alpha value is -1.22. The highest BCUT2D eigenvalue weighted by atomic mass is 79.9. The van der Waals surface area contributed by atoms with Gasteiger partial charge in [-0.05, 0) is 44.0 Å². The van der Waals surface area contributed by atoms with E-state index in [9.17, 15) is 9.36 Å². The van der Waals surface area contributed by atoms with Crippen LogP contribution in [0.15, 0.2) is 42.5 Å². The van der Waals surface area contributed by atoms with E-state index >= 15 is 0 Å². The molecule has 0 saturated carbocycles. The van der Waals surface area contributed by atoms with Crippen molar-refractivity contribution in [1.82, 2.24) is 0 Å². The van der Waals surface area contributed by atoms with Crippen LogP contribution in [0, 0.1) is 20.8 Å². The van der Waals surface area contributed by atoms with Crippen LogP contribution in [-0.2, 0) is 9.09 Å². The fourth-order valence-electron chi connectivity index (χ4n) is 2.68. The lowest BCUT2D eigenvalue weighted by Crippen LogP contribution is -2.10. The Bertz CT molecular complexity index is 733. The SMILES string of the molecule is Cc1cc(C)c(C(=O)CCOP(=O)(Br)c2ccccc2)c(C)c1. The fraction of sp³-hybridized carbons (Fsp3) is 0.278. The van der Waals surface area contributed by atoms with Crippen LogP contribution < -0.4 is 5.30 Å². The zero-order valence-corrected chi connectivity index (χ0v) is 16.0. The zero-order chi connectivity index (χ0) is 17.0. The largest absolute Gasteiger partial charge is 0.317 e. The Morgan fingerprint density at radius 2 is 1.65 bits per heavy atom. The second kappa shape index (κ2) is 7.57. The summed E-state index contributed by atoms with van der Waals surface area (Å²) in [5, 5.41) is 0.593. The van der Waals surface area contributed by atoms with Crippen molar-refractivity contribution in [2.75, 3.05) is 6.61 Å². The van der Waals surface area contributed by atoms with Crippen molar-refractivity contribution in [1.29, 1.82) is 0 Å². The van der Waals surface area contributed by atoms with Gasteiger partial charge in [-0.1, -0.05) is 35.9 Å². The minimum absolute atomic E-state index is 0.0144. The molecule has 0 N–H and O–H groups in total. The van der Waals surface area contributed by atoms with E-state index in [1.165, 1.54) is 0 Å². The van der Waals surface area contributed by atoms with E-state index < -0.39 is 6.07 Å². The van der Waals surface area contributed by atoms with Crippen molar-refractivity contribution in [3.8, 4) is 0 Å². The zero-order valence-electron chi connectivity index (χ0n) is 13.5. The van der Waals surface area contributed by atoms with Crippen LogP contribution in [-0.4, -0.2) is 12.4 Å². The van der Waals surface area contributed by atoms with E-state index in [-0.39, 0.29) is 18.8 Å². The maximum absolute atomic E-state index is 12.5. The molecule has 0 aliphatic rings. The molecule has 0 saturated heterocycles. The number of carbonyl (C=O) groups excluding carboxylic acids is 1. The molecule has 122 valence electrons. The molecule has 0 amide bonds. The number of aryl methyl sites for hydroxylation is 3. The monoisotopic (exact) mass is 394 g/mol. The van der Waals surface area contributed by atoms with Gasteiger partial charge in [-0.25, -0.2) is 0 Å². The first-order valence-electron chi connectivity index (χ1n) is 7.42. The molecular weight excluding hydrogens is 375 g/mol. The summed E-state index contributed by atoms with van der Waals surface area (Å²) >= 11 is 3.16. The minimum Gasteiger partial charge on any atom is -0.317 e. The first-order chi connectivity index (χ1) is 10.8. The summed E-state index contributed by atoms with van der Waals surface area (Å²) < 4.78 is 18.0. The molecule has 3 nitrogen and oxygen atoms in total. The van der Waals surface area contributed by atoms with Gasteiger partial charge in [-0.3, -0.25) is 9.36 Å². The summed E-state index contributed by atoms with van der Waals surface area (Å²) in [6.45, 7) is 6.00. The van der Waals surface area contributed by atoms with E-state index in [1.54, 1.807) is 24.3 Å². The van der Waals surface area contributed by atoms with Crippen molar-refractivity contribution >= 4 is 32.6 Å². The number of rotatable bonds is 6. The van der Waals surface area contributed by atoms with Crippen LogP contribution in [0.3, 0.4) is 0 Å². The van der Waals surface area contributed by atoms with Crippen LogP contribution in [0.4, 0.5) is 0 Å². The van der Waals surface area contributed by atoms with Gasteiger partial charge >= 0.3 is 0 Å². The van der Waals surface area contributed by atoms with E-state index in [2.05, 4.69) is 15.5 Å². The van der Waals surface area contributed by atoms with Gasteiger partial charge < -0.3 is 4.52 Å². The summed E-state index contributed by atoms with van der Waals surface area (Å²) in [5.41, 5.74) is 3.82. The third kappa shape index (κ3) is 4.63. The van der Waals surface area contributed by atoms with E-state index in [4.69, 9.17) is 4.52 Å². The lowest BCUT2D eigenvalue weighted by Gasteiger charge is -2.13. The normalized spacial score (nSPS) is 13.6. The molecule has 0 aliphatic carbocycles. The molecule has 0 aromatic heterocycles. The maximum Gasteiger partial charge on any atom is 0.294 e. The highest BCUT2D eigenvalue weighted by Gasteiger charge is 2.22. The third-order valence-electron chi connectivity index (χ3n) is 3.61. The van der Waals surface area contributed by atoms with Gasteiger partial charge in [-0.15, -0.1) is 0 Å². The molecule has 0 heterocycles. The minimum atomic E-state index is -3.06. The van der Waals surface area contributed by atoms with Gasteiger partial charge in [-0.2, -0.15) is 0 Å². The second-order valence-electron chi connectivity index (χ2n) is 5.60. The average molecular weight is 395 g/mol. The molecule has 0 aliphatic heterocycles. The van der Waals surface area contributed by atoms with Crippen LogP contribution in [0.5, 0.6) is 0 Å². The van der Waals surface area contributed by atoms with Crippen LogP contribution in [0.25, 0.3) is 0 Å². The average Bonchev–Trinajstić information content (AvgIpc) is 2.47. The van der Waals surface area contributed by atoms with Crippen LogP contribution in [0.2, 0.25) is 0 Å². The van der Waals surface area contributed by atoms with Gasteiger partial charge in [0.1, 0.15) is 0 Å². The summed E-state index contributed by atoms with van der Waals surface area (Å²) in [5.74, 6) is 0.0144. The second-order valence-corrected chi connectivity index (χ2v) is 10.1. The first-order valence-corrected chi connectivity index (χ1v) is 11.1. The molecule has 2 rings (SSSR count). The van der Waals surface area contributed by atoms with E-state index in [0.29, 0.717) is 5.30 Å². The first kappa shape index (κ1) is 18.1. The number of Topliss-reactive ketones (excluding diaryl/α,β-unsaturated/α-hetero) is 1. The number of halogens is 1. The van der Waals surface area contributed by atoms with E-state index in [0.717, 1.165) is 22.3 Å². The fourth-order valence-corrected chi connectivity index (χ4v) is 4.83. The molecule has 0 radical (unpaired) electrons. The number of carbonyl (C=O) groups is 1. The van der Waals surface area contributed by atoms with Crippen molar-refractivity contribution in [2.45, 2.75) is 27.2 Å². The number of hydrogen-bond donors (Lipinski definition) is 0. The van der Waals surface area contributed by atoms with Crippen molar-refractivity contribution in [3.63, 3.8) is 0 Å². The molecule has 5 heteroatoms. The van der Waals surface area contributed by atoms with Gasteiger partial charge in [0.2, 0.25) is 0 Å². The number of benzene rings is 2. The summed E-state index contributed by atoms with van der Waals surface area (Å²) in [6.07, 6.45) is -2.86. The molecular formula is C18H20BrO3P. The molecule has 2 aromatic rings. The lowest BCUT2D eigenvalue weighted by atomic mass is 9.95. The van der Waals surface area contributed by atoms with Crippen molar-refractivity contribution in [3.05, 3.63) is 64.7 Å². The van der Waals surface area contributed by atoms with Crippen molar-refractivity contribution in [2.24, 2.45) is 0 Å². The quantitative estimate of drug-likeness (QED) is 0.504. The lowest BCUT2D eigenvalue weighted by molar-refractivity contribution is 0.0963. The topological polar surface area (TPSA) is 43.4 Å². The molecule has 2 aromatic carbocycles. The Morgan fingerprint density at radius 1 is 1.09 bits per heavy atom. The Morgan fingerprint density at radius 3 is 2.22 bits per heavy atom. The predicted octanol–water partition coefficient (Wildman–Crippen LogP) is 5.11. The van der Waals surface area contributed by atoms with Crippen LogP contribution >= 0.6 is 21.6 Å². The molecule has 0 spiro atoms. The maximum atomic E-state index is 12.5. The molecule has 1 unspecified atom stereocenters. The Labute approximate surface area is 145 Å². The molecule has 0 bridgehead atoms. The standard InChI is InChI=1S/C18H20BrO3P/c1-13-11-14(2)18(15(3)12-13)17(20)9-10-22-23(19,21)16-7-5-4-6-8-16/h4-8,11-12H,9-10H2,1-3H3. The van der Waals surface area contributed by atoms with Crippen molar-refractivity contribution < 1.29 is 13.9 Å². The van der Waals surface area contributed by atoms with Gasteiger partial charge in [0.15, 0.2) is 5.78 Å². The Balaban J connectivity index is 2.02. The van der Waals surface area contributed by atoms with E-state index in [1.807, 2.05) is 39.0 Å². The molecule has 1 atom stereocenters. The number of hydrogen-bond acceptors (Lipinski definition) is 3. The summed E-state index contributed by atoms with van der Waals surface area (Å²) in [6, 6.07) is 12.9. The third-order valence-corrected chi connectivity index (χ3v) is 6.88. The van der Waals surface area contributed by atoms with Gasteiger partial charge in [0.05, 0.1) is 6.61 Å². The summed E-state index contributed by atoms with van der Waals surface area (Å²) in [4.78, 5) is 12.4. The van der Waals surface area contributed by atoms with Gasteiger partial charge in [0.25, 0.3) is 6.07 Å². The molecule has 0 fully saturated rings. The highest BCUT2D eigenvalue weighted by molar-refractivity contribution is 9.40. The molecule has 23 heavy (non-hydrogen) atoms. The highest BCUT2D eigenvalue weighted by Crippen LogP contribution is 2.53.